The van der Waals surface area contributed by atoms with Crippen LogP contribution in [-0.4, -0.2) is 30.7 Å². The van der Waals surface area contributed by atoms with Crippen molar-refractivity contribution in [3.8, 4) is 0 Å². The van der Waals surface area contributed by atoms with Crippen LogP contribution in [-0.2, 0) is 0 Å². The Balaban J connectivity index is 1.76. The minimum Gasteiger partial charge on any atom is -0.369 e. The first-order valence-electron chi connectivity index (χ1n) is 5.92. The topological polar surface area (TPSA) is 28.2 Å². The Bertz CT molecular complexity index is 382. The van der Waals surface area contributed by atoms with Crippen molar-refractivity contribution >= 4 is 5.69 Å². The highest BCUT2D eigenvalue weighted by Crippen LogP contribution is 2.28. The second kappa shape index (κ2) is 4.01. The Morgan fingerprint density at radius 2 is 2.31 bits per heavy atom. The number of fused-ring (bicyclic) bond motifs is 1. The number of piperidine rings is 1. The summed E-state index contributed by atoms with van der Waals surface area (Å²) in [6, 6.07) is 2.15. The van der Waals surface area contributed by atoms with E-state index in [1.165, 1.54) is 19.0 Å². The SMILES string of the molecule is Fc1cncc(N2CCC3CCNC3C2)c1. The molecule has 0 aromatic carbocycles. The zero-order valence-electron chi connectivity index (χ0n) is 9.19. The third-order valence-corrected chi connectivity index (χ3v) is 3.73. The molecule has 0 spiro atoms. The summed E-state index contributed by atoms with van der Waals surface area (Å²) in [4.78, 5) is 6.14. The molecule has 0 amide bonds. The van der Waals surface area contributed by atoms with Crippen molar-refractivity contribution in [3.63, 3.8) is 0 Å². The van der Waals surface area contributed by atoms with Crippen molar-refractivity contribution in [3.05, 3.63) is 24.3 Å². The zero-order valence-corrected chi connectivity index (χ0v) is 9.19. The maximum atomic E-state index is 13.1. The van der Waals surface area contributed by atoms with Crippen molar-refractivity contribution < 1.29 is 4.39 Å². The van der Waals surface area contributed by atoms with Crippen molar-refractivity contribution in [1.29, 1.82) is 0 Å². The summed E-state index contributed by atoms with van der Waals surface area (Å²) in [6.07, 6.45) is 5.50. The van der Waals surface area contributed by atoms with E-state index in [1.807, 2.05) is 0 Å². The molecule has 16 heavy (non-hydrogen) atoms. The second-order valence-corrected chi connectivity index (χ2v) is 4.71. The van der Waals surface area contributed by atoms with Crippen molar-refractivity contribution in [2.24, 2.45) is 5.92 Å². The monoisotopic (exact) mass is 221 g/mol. The van der Waals surface area contributed by atoms with Gasteiger partial charge in [0.25, 0.3) is 0 Å². The van der Waals surface area contributed by atoms with Gasteiger partial charge in [0.2, 0.25) is 0 Å². The third kappa shape index (κ3) is 1.78. The van der Waals surface area contributed by atoms with Gasteiger partial charge in [-0.2, -0.15) is 0 Å². The van der Waals surface area contributed by atoms with Gasteiger partial charge in [-0.3, -0.25) is 4.98 Å². The predicted molar refractivity (Wildman–Crippen MR) is 60.9 cm³/mol. The van der Waals surface area contributed by atoms with E-state index in [1.54, 1.807) is 12.3 Å². The summed E-state index contributed by atoms with van der Waals surface area (Å²) in [5.74, 6) is 0.566. The standard InChI is InChI=1S/C12H16FN3/c13-10-5-11(7-14-6-10)16-4-2-9-1-3-15-12(9)8-16/h5-7,9,12,15H,1-4,8H2. The molecule has 0 saturated carbocycles. The maximum absolute atomic E-state index is 13.1. The number of halogens is 1. The van der Waals surface area contributed by atoms with Crippen LogP contribution in [0.3, 0.4) is 0 Å². The fraction of sp³-hybridized carbons (Fsp3) is 0.583. The first-order valence-corrected chi connectivity index (χ1v) is 5.92. The molecule has 2 aliphatic heterocycles. The fourth-order valence-electron chi connectivity index (χ4n) is 2.84. The van der Waals surface area contributed by atoms with Gasteiger partial charge >= 0.3 is 0 Å². The number of aromatic nitrogens is 1. The van der Waals surface area contributed by atoms with E-state index in [9.17, 15) is 4.39 Å². The molecule has 1 aromatic heterocycles. The van der Waals surface area contributed by atoms with Crippen LogP contribution in [0.15, 0.2) is 18.5 Å². The van der Waals surface area contributed by atoms with Gasteiger partial charge in [-0.05, 0) is 25.3 Å². The van der Waals surface area contributed by atoms with Crippen molar-refractivity contribution in [1.82, 2.24) is 10.3 Å². The number of rotatable bonds is 1. The van der Waals surface area contributed by atoms with Gasteiger partial charge in [0.15, 0.2) is 0 Å². The van der Waals surface area contributed by atoms with Crippen LogP contribution in [0.1, 0.15) is 12.8 Å². The smallest absolute Gasteiger partial charge is 0.143 e. The second-order valence-electron chi connectivity index (χ2n) is 4.71. The minimum absolute atomic E-state index is 0.251. The molecule has 0 radical (unpaired) electrons. The van der Waals surface area contributed by atoms with Crippen molar-refractivity contribution in [2.45, 2.75) is 18.9 Å². The van der Waals surface area contributed by atoms with Gasteiger partial charge in [0.05, 0.1) is 18.1 Å². The average Bonchev–Trinajstić information content (AvgIpc) is 2.75. The van der Waals surface area contributed by atoms with Gasteiger partial charge in [0.1, 0.15) is 5.82 Å². The number of hydrogen-bond donors (Lipinski definition) is 1. The first-order chi connectivity index (χ1) is 7.83. The molecule has 0 aliphatic carbocycles. The molecule has 2 fully saturated rings. The van der Waals surface area contributed by atoms with Crippen LogP contribution < -0.4 is 10.2 Å². The summed E-state index contributed by atoms with van der Waals surface area (Å²) < 4.78 is 13.1. The highest BCUT2D eigenvalue weighted by Gasteiger charge is 2.32. The number of pyridine rings is 1. The van der Waals surface area contributed by atoms with E-state index in [0.717, 1.165) is 31.2 Å². The fourth-order valence-corrected chi connectivity index (χ4v) is 2.84. The van der Waals surface area contributed by atoms with Gasteiger partial charge in [0, 0.05) is 25.2 Å². The summed E-state index contributed by atoms with van der Waals surface area (Å²) in [5, 5.41) is 3.52. The van der Waals surface area contributed by atoms with E-state index in [2.05, 4.69) is 15.2 Å². The first kappa shape index (κ1) is 10.0. The van der Waals surface area contributed by atoms with E-state index in [4.69, 9.17) is 0 Å². The summed E-state index contributed by atoms with van der Waals surface area (Å²) >= 11 is 0. The third-order valence-electron chi connectivity index (χ3n) is 3.73. The molecular weight excluding hydrogens is 205 g/mol. The minimum atomic E-state index is -0.251. The molecule has 2 unspecified atom stereocenters. The molecule has 86 valence electrons. The Morgan fingerprint density at radius 1 is 1.38 bits per heavy atom. The lowest BCUT2D eigenvalue weighted by Crippen LogP contribution is -2.46. The van der Waals surface area contributed by atoms with Crippen LogP contribution in [0.4, 0.5) is 10.1 Å². The molecule has 3 rings (SSSR count). The van der Waals surface area contributed by atoms with E-state index in [0.29, 0.717) is 6.04 Å². The highest BCUT2D eigenvalue weighted by atomic mass is 19.1. The molecule has 2 aliphatic rings. The van der Waals surface area contributed by atoms with E-state index < -0.39 is 0 Å². The molecular formula is C12H16FN3. The average molecular weight is 221 g/mol. The lowest BCUT2D eigenvalue weighted by atomic mass is 9.92. The predicted octanol–water partition coefficient (Wildman–Crippen LogP) is 1.41. The van der Waals surface area contributed by atoms with Gasteiger partial charge < -0.3 is 10.2 Å². The lowest BCUT2D eigenvalue weighted by molar-refractivity contribution is 0.373. The number of nitrogens with zero attached hydrogens (tertiary/aromatic N) is 2. The van der Waals surface area contributed by atoms with Crippen LogP contribution in [0.25, 0.3) is 0 Å². The Hall–Kier alpha value is -1.16. The zero-order chi connectivity index (χ0) is 11.0. The molecule has 1 N–H and O–H groups in total. The number of hydrogen-bond acceptors (Lipinski definition) is 3. The highest BCUT2D eigenvalue weighted by molar-refractivity contribution is 5.45. The van der Waals surface area contributed by atoms with E-state index in [-0.39, 0.29) is 5.82 Å². The summed E-state index contributed by atoms with van der Waals surface area (Å²) in [6.45, 7) is 3.13. The Morgan fingerprint density at radius 3 is 3.19 bits per heavy atom. The number of nitrogens with one attached hydrogen (secondary N) is 1. The molecule has 3 nitrogen and oxygen atoms in total. The Labute approximate surface area is 94.7 Å². The summed E-state index contributed by atoms with van der Waals surface area (Å²) in [5.41, 5.74) is 0.909. The molecule has 0 bridgehead atoms. The lowest BCUT2D eigenvalue weighted by Gasteiger charge is -2.36. The molecule has 4 heteroatoms. The molecule has 2 saturated heterocycles. The van der Waals surface area contributed by atoms with Gasteiger partial charge in [-0.1, -0.05) is 0 Å². The van der Waals surface area contributed by atoms with Gasteiger partial charge in [-0.25, -0.2) is 4.39 Å². The molecule has 1 aromatic rings. The molecule has 3 heterocycles. The van der Waals surface area contributed by atoms with Gasteiger partial charge in [-0.15, -0.1) is 0 Å². The van der Waals surface area contributed by atoms with E-state index >= 15 is 0 Å². The van der Waals surface area contributed by atoms with Crippen LogP contribution in [0, 0.1) is 11.7 Å². The summed E-state index contributed by atoms with van der Waals surface area (Å²) in [7, 11) is 0. The number of anilines is 1. The van der Waals surface area contributed by atoms with Crippen LogP contribution in [0.5, 0.6) is 0 Å². The van der Waals surface area contributed by atoms with Crippen LogP contribution >= 0.6 is 0 Å². The van der Waals surface area contributed by atoms with Crippen LogP contribution in [0.2, 0.25) is 0 Å². The maximum Gasteiger partial charge on any atom is 0.143 e. The van der Waals surface area contributed by atoms with Crippen molar-refractivity contribution in [2.75, 3.05) is 24.5 Å². The normalized spacial score (nSPS) is 29.2. The molecule has 2 atom stereocenters. The quantitative estimate of drug-likeness (QED) is 0.777. The largest absolute Gasteiger partial charge is 0.369 e. The Kier molecular flexibility index (Phi) is 2.52.